The van der Waals surface area contributed by atoms with Gasteiger partial charge in [0.25, 0.3) is 0 Å². The highest BCUT2D eigenvalue weighted by atomic mass is 19.1. The number of carbonyl (C=O) groups is 1. The van der Waals surface area contributed by atoms with E-state index in [1.54, 1.807) is 12.1 Å². The Morgan fingerprint density at radius 2 is 2.05 bits per heavy atom. The Bertz CT molecular complexity index is 687. The summed E-state index contributed by atoms with van der Waals surface area (Å²) in [6.07, 6.45) is 1.70. The molecule has 0 spiro atoms. The number of fused-ring (bicyclic) bond motifs is 1. The first-order valence-electron chi connectivity index (χ1n) is 6.84. The van der Waals surface area contributed by atoms with E-state index in [9.17, 15) is 9.18 Å². The van der Waals surface area contributed by atoms with Gasteiger partial charge in [-0.15, -0.1) is 0 Å². The molecule has 4 N–H and O–H groups in total. The van der Waals surface area contributed by atoms with Crippen molar-refractivity contribution in [1.82, 2.24) is 5.32 Å². The first-order chi connectivity index (χ1) is 10.1. The molecule has 2 aromatic rings. The molecule has 1 aliphatic carbocycles. The quantitative estimate of drug-likeness (QED) is 0.742. The van der Waals surface area contributed by atoms with Gasteiger partial charge in [-0.2, -0.15) is 0 Å². The molecule has 0 aliphatic heterocycles. The number of nitrogens with one attached hydrogen (secondary N) is 2. The molecule has 1 unspecified atom stereocenters. The predicted molar refractivity (Wildman–Crippen MR) is 80.5 cm³/mol. The van der Waals surface area contributed by atoms with Gasteiger partial charge < -0.3 is 16.4 Å². The summed E-state index contributed by atoms with van der Waals surface area (Å²) in [4.78, 5) is 12.0. The Labute approximate surface area is 122 Å². The molecule has 0 radical (unpaired) electrons. The van der Waals surface area contributed by atoms with E-state index in [0.29, 0.717) is 0 Å². The molecular formula is C16H16FN3O. The molecule has 1 aliphatic rings. The van der Waals surface area contributed by atoms with Crippen LogP contribution in [0.15, 0.2) is 42.5 Å². The molecule has 4 nitrogen and oxygen atoms in total. The summed E-state index contributed by atoms with van der Waals surface area (Å²) in [5.41, 5.74) is 8.89. The molecule has 2 amide bonds. The highest BCUT2D eigenvalue weighted by molar-refractivity contribution is 5.89. The van der Waals surface area contributed by atoms with Crippen LogP contribution in [0.25, 0.3) is 0 Å². The fraction of sp³-hybridized carbons (Fsp3) is 0.188. The van der Waals surface area contributed by atoms with Gasteiger partial charge in [0.05, 0.1) is 11.7 Å². The maximum atomic E-state index is 13.5. The lowest BCUT2D eigenvalue weighted by Gasteiger charge is -2.15. The zero-order chi connectivity index (χ0) is 14.8. The molecule has 108 valence electrons. The van der Waals surface area contributed by atoms with Crippen molar-refractivity contribution in [3.8, 4) is 0 Å². The van der Waals surface area contributed by atoms with Crippen LogP contribution < -0.4 is 16.4 Å². The number of halogens is 1. The number of nitrogen functional groups attached to an aromatic ring is 1. The number of aryl methyl sites for hydroxylation is 1. The lowest BCUT2D eigenvalue weighted by atomic mass is 10.1. The molecule has 21 heavy (non-hydrogen) atoms. The SMILES string of the molecule is Nc1ccc2c(c1)CCC2NC(=O)Nc1ccccc1F. The smallest absolute Gasteiger partial charge is 0.319 e. The van der Waals surface area contributed by atoms with Crippen molar-refractivity contribution >= 4 is 17.4 Å². The van der Waals surface area contributed by atoms with Gasteiger partial charge in [0.15, 0.2) is 0 Å². The Morgan fingerprint density at radius 3 is 2.86 bits per heavy atom. The van der Waals surface area contributed by atoms with Crippen LogP contribution in [0.3, 0.4) is 0 Å². The van der Waals surface area contributed by atoms with E-state index in [2.05, 4.69) is 10.6 Å². The zero-order valence-electron chi connectivity index (χ0n) is 11.4. The summed E-state index contributed by atoms with van der Waals surface area (Å²) in [6, 6.07) is 11.3. The molecule has 0 saturated heterocycles. The van der Waals surface area contributed by atoms with Crippen molar-refractivity contribution in [2.24, 2.45) is 0 Å². The molecule has 0 fully saturated rings. The first-order valence-corrected chi connectivity index (χ1v) is 6.84. The second-order valence-electron chi connectivity index (χ2n) is 5.13. The Morgan fingerprint density at radius 1 is 1.24 bits per heavy atom. The number of benzene rings is 2. The van der Waals surface area contributed by atoms with E-state index < -0.39 is 11.8 Å². The number of amides is 2. The van der Waals surface area contributed by atoms with Crippen LogP contribution >= 0.6 is 0 Å². The Hall–Kier alpha value is -2.56. The van der Waals surface area contributed by atoms with E-state index in [1.165, 1.54) is 12.1 Å². The van der Waals surface area contributed by atoms with E-state index in [4.69, 9.17) is 5.73 Å². The average Bonchev–Trinajstić information content (AvgIpc) is 2.83. The van der Waals surface area contributed by atoms with Crippen molar-refractivity contribution in [3.05, 3.63) is 59.4 Å². The normalized spacial score (nSPS) is 16.3. The third-order valence-electron chi connectivity index (χ3n) is 3.67. The fourth-order valence-corrected chi connectivity index (χ4v) is 2.67. The molecule has 2 aromatic carbocycles. The number of para-hydroxylation sites is 1. The minimum absolute atomic E-state index is 0.0626. The summed E-state index contributed by atoms with van der Waals surface area (Å²) in [5.74, 6) is -0.452. The Balaban J connectivity index is 1.69. The van der Waals surface area contributed by atoms with Gasteiger partial charge in [0, 0.05) is 5.69 Å². The number of rotatable bonds is 2. The zero-order valence-corrected chi connectivity index (χ0v) is 11.4. The van der Waals surface area contributed by atoms with E-state index in [0.717, 1.165) is 29.7 Å². The number of urea groups is 1. The number of anilines is 2. The van der Waals surface area contributed by atoms with Gasteiger partial charge in [0.1, 0.15) is 5.82 Å². The monoisotopic (exact) mass is 285 g/mol. The molecule has 1 atom stereocenters. The summed E-state index contributed by atoms with van der Waals surface area (Å²) in [6.45, 7) is 0. The number of carbonyl (C=O) groups excluding carboxylic acids is 1. The lowest BCUT2D eigenvalue weighted by Crippen LogP contribution is -2.31. The maximum Gasteiger partial charge on any atom is 0.319 e. The van der Waals surface area contributed by atoms with Crippen LogP contribution in [0.2, 0.25) is 0 Å². The second kappa shape index (κ2) is 5.44. The number of hydrogen-bond acceptors (Lipinski definition) is 2. The minimum Gasteiger partial charge on any atom is -0.399 e. The van der Waals surface area contributed by atoms with Crippen molar-refractivity contribution in [2.75, 3.05) is 11.1 Å². The van der Waals surface area contributed by atoms with Crippen LogP contribution in [0.1, 0.15) is 23.6 Å². The van der Waals surface area contributed by atoms with Crippen molar-refractivity contribution in [2.45, 2.75) is 18.9 Å². The minimum atomic E-state index is -0.452. The molecule has 0 aromatic heterocycles. The summed E-state index contributed by atoms with van der Waals surface area (Å²) in [7, 11) is 0. The van der Waals surface area contributed by atoms with E-state index >= 15 is 0 Å². The van der Waals surface area contributed by atoms with Gasteiger partial charge in [-0.25, -0.2) is 9.18 Å². The van der Waals surface area contributed by atoms with E-state index in [-0.39, 0.29) is 11.7 Å². The molecule has 3 rings (SSSR count). The van der Waals surface area contributed by atoms with E-state index in [1.807, 2.05) is 18.2 Å². The largest absolute Gasteiger partial charge is 0.399 e. The fourth-order valence-electron chi connectivity index (χ4n) is 2.67. The van der Waals surface area contributed by atoms with Gasteiger partial charge in [-0.05, 0) is 48.2 Å². The van der Waals surface area contributed by atoms with Gasteiger partial charge in [0.2, 0.25) is 0 Å². The maximum absolute atomic E-state index is 13.5. The number of hydrogen-bond donors (Lipinski definition) is 3. The van der Waals surface area contributed by atoms with Crippen LogP contribution in [0.5, 0.6) is 0 Å². The second-order valence-corrected chi connectivity index (χ2v) is 5.13. The van der Waals surface area contributed by atoms with Gasteiger partial charge in [-0.1, -0.05) is 18.2 Å². The average molecular weight is 285 g/mol. The molecule has 5 heteroatoms. The lowest BCUT2D eigenvalue weighted by molar-refractivity contribution is 0.248. The van der Waals surface area contributed by atoms with Crippen molar-refractivity contribution in [3.63, 3.8) is 0 Å². The molecule has 0 saturated carbocycles. The highest BCUT2D eigenvalue weighted by Crippen LogP contribution is 2.32. The summed E-state index contributed by atoms with van der Waals surface area (Å²) < 4.78 is 13.5. The van der Waals surface area contributed by atoms with Gasteiger partial charge >= 0.3 is 6.03 Å². The Kier molecular flexibility index (Phi) is 3.48. The topological polar surface area (TPSA) is 67.1 Å². The van der Waals surface area contributed by atoms with Crippen molar-refractivity contribution < 1.29 is 9.18 Å². The predicted octanol–water partition coefficient (Wildman–Crippen LogP) is 3.22. The van der Waals surface area contributed by atoms with Crippen LogP contribution in [0.4, 0.5) is 20.6 Å². The molecule has 0 heterocycles. The standard InChI is InChI=1S/C16H16FN3O/c17-13-3-1-2-4-15(13)20-16(21)19-14-8-5-10-9-11(18)6-7-12(10)14/h1-4,6-7,9,14H,5,8,18H2,(H2,19,20,21). The van der Waals surface area contributed by atoms with Gasteiger partial charge in [-0.3, -0.25) is 0 Å². The van der Waals surface area contributed by atoms with Crippen LogP contribution in [0, 0.1) is 5.82 Å². The van der Waals surface area contributed by atoms with Crippen LogP contribution in [-0.2, 0) is 6.42 Å². The van der Waals surface area contributed by atoms with Crippen molar-refractivity contribution in [1.29, 1.82) is 0 Å². The van der Waals surface area contributed by atoms with Crippen LogP contribution in [-0.4, -0.2) is 6.03 Å². The molecule has 0 bridgehead atoms. The molecular weight excluding hydrogens is 269 g/mol. The summed E-state index contributed by atoms with van der Waals surface area (Å²) in [5, 5.41) is 5.40. The number of nitrogens with two attached hydrogens (primary N) is 1. The third-order valence-corrected chi connectivity index (χ3v) is 3.67. The highest BCUT2D eigenvalue weighted by Gasteiger charge is 2.24. The third kappa shape index (κ3) is 2.81. The first kappa shape index (κ1) is 13.4. The summed E-state index contributed by atoms with van der Waals surface area (Å²) >= 11 is 0.